The van der Waals surface area contributed by atoms with Gasteiger partial charge >= 0.3 is 12.1 Å². The summed E-state index contributed by atoms with van der Waals surface area (Å²) in [5.74, 6) is 4.75. The molecule has 35 heavy (non-hydrogen) atoms. The van der Waals surface area contributed by atoms with Crippen molar-refractivity contribution in [3.8, 4) is 11.8 Å². The highest BCUT2D eigenvalue weighted by molar-refractivity contribution is 7.07. The van der Waals surface area contributed by atoms with Crippen molar-refractivity contribution in [2.75, 3.05) is 5.32 Å². The van der Waals surface area contributed by atoms with Gasteiger partial charge in [-0.3, -0.25) is 10.1 Å². The standard InChI is InChI=1S/C23H17ClN4O6S/c1-11-17(26-22(31)32-12(2)13-5-3-4-6-14(13)24)15(35-28-11)7-8-16-25-18-19(33-16)27-20(34-18)23(9-10-23)21(29)30/h3-6,12H,9-10H2,1-2H3,(H,26,31)(H,29,30). The van der Waals surface area contributed by atoms with Gasteiger partial charge in [0.15, 0.2) is 0 Å². The molecule has 1 aliphatic carbocycles. The van der Waals surface area contributed by atoms with Gasteiger partial charge in [0.2, 0.25) is 5.89 Å². The smallest absolute Gasteiger partial charge is 0.412 e. The normalized spacial score (nSPS) is 14.7. The Balaban J connectivity index is 1.30. The molecule has 0 aliphatic heterocycles. The number of anilines is 1. The fourth-order valence-corrected chi connectivity index (χ4v) is 4.41. The molecule has 1 aromatic carbocycles. The molecule has 0 saturated heterocycles. The quantitative estimate of drug-likeness (QED) is 0.351. The highest BCUT2D eigenvalue weighted by Crippen LogP contribution is 2.48. The summed E-state index contributed by atoms with van der Waals surface area (Å²) in [7, 11) is 0. The van der Waals surface area contributed by atoms with Crippen molar-refractivity contribution in [2.24, 2.45) is 0 Å². The Morgan fingerprint density at radius 3 is 2.66 bits per heavy atom. The summed E-state index contributed by atoms with van der Waals surface area (Å²) in [4.78, 5) is 32.7. The van der Waals surface area contributed by atoms with Crippen LogP contribution < -0.4 is 5.32 Å². The number of carboxylic acids is 1. The summed E-state index contributed by atoms with van der Waals surface area (Å²) in [6, 6.07) is 7.11. The number of nitrogens with one attached hydrogen (secondary N) is 1. The zero-order chi connectivity index (χ0) is 24.7. The molecule has 178 valence electrons. The maximum atomic E-state index is 12.5. The number of rotatable bonds is 5. The number of aromatic nitrogens is 3. The van der Waals surface area contributed by atoms with Crippen molar-refractivity contribution >= 4 is 52.3 Å². The molecule has 1 aliphatic rings. The minimum Gasteiger partial charge on any atom is -0.480 e. The average molecular weight is 513 g/mol. The Labute approximate surface area is 207 Å². The van der Waals surface area contributed by atoms with Crippen LogP contribution in [0.2, 0.25) is 5.02 Å². The van der Waals surface area contributed by atoms with Crippen molar-refractivity contribution in [2.45, 2.75) is 38.2 Å². The van der Waals surface area contributed by atoms with E-state index in [1.165, 1.54) is 0 Å². The minimum absolute atomic E-state index is 0.0323. The molecular weight excluding hydrogens is 496 g/mol. The van der Waals surface area contributed by atoms with Crippen LogP contribution in [0.5, 0.6) is 0 Å². The van der Waals surface area contributed by atoms with Crippen molar-refractivity contribution < 1.29 is 28.3 Å². The van der Waals surface area contributed by atoms with Crippen molar-refractivity contribution in [3.63, 3.8) is 0 Å². The monoisotopic (exact) mass is 512 g/mol. The van der Waals surface area contributed by atoms with Gasteiger partial charge in [0.05, 0.1) is 11.4 Å². The molecule has 10 nitrogen and oxygen atoms in total. The number of aliphatic carboxylic acids is 1. The Kier molecular flexibility index (Phi) is 5.70. The van der Waals surface area contributed by atoms with E-state index in [9.17, 15) is 14.7 Å². The van der Waals surface area contributed by atoms with E-state index in [-0.39, 0.29) is 23.2 Å². The van der Waals surface area contributed by atoms with Crippen LogP contribution in [0.25, 0.3) is 11.4 Å². The average Bonchev–Trinajstić information content (AvgIpc) is 3.25. The van der Waals surface area contributed by atoms with Gasteiger partial charge in [-0.2, -0.15) is 14.3 Å². The van der Waals surface area contributed by atoms with Gasteiger partial charge < -0.3 is 18.7 Å². The highest BCUT2D eigenvalue weighted by Gasteiger charge is 2.56. The van der Waals surface area contributed by atoms with Crippen LogP contribution in [0, 0.1) is 18.8 Å². The third-order valence-electron chi connectivity index (χ3n) is 5.54. The van der Waals surface area contributed by atoms with Crippen molar-refractivity contribution in [1.82, 2.24) is 14.3 Å². The van der Waals surface area contributed by atoms with Gasteiger partial charge in [-0.05, 0) is 56.1 Å². The van der Waals surface area contributed by atoms with E-state index in [1.54, 1.807) is 32.0 Å². The number of halogens is 1. The first-order valence-electron chi connectivity index (χ1n) is 10.5. The lowest BCUT2D eigenvalue weighted by molar-refractivity contribution is -0.140. The second-order valence-corrected chi connectivity index (χ2v) is 9.13. The van der Waals surface area contributed by atoms with E-state index in [1.807, 2.05) is 6.07 Å². The van der Waals surface area contributed by atoms with E-state index in [4.69, 9.17) is 25.2 Å². The number of carbonyl (C=O) groups is 2. The maximum absolute atomic E-state index is 12.5. The van der Waals surface area contributed by atoms with Gasteiger partial charge in [-0.1, -0.05) is 29.8 Å². The van der Waals surface area contributed by atoms with Crippen LogP contribution in [-0.4, -0.2) is 31.5 Å². The molecule has 4 aromatic rings. The topological polar surface area (TPSA) is 141 Å². The molecule has 1 saturated carbocycles. The molecule has 1 unspecified atom stereocenters. The number of fused-ring (bicyclic) bond motifs is 1. The second kappa shape index (κ2) is 8.72. The predicted molar refractivity (Wildman–Crippen MR) is 125 cm³/mol. The number of nitrogens with zero attached hydrogens (tertiary/aromatic N) is 3. The Morgan fingerprint density at radius 1 is 1.23 bits per heavy atom. The Morgan fingerprint density at radius 2 is 1.97 bits per heavy atom. The van der Waals surface area contributed by atoms with E-state index in [2.05, 4.69) is 31.5 Å². The first-order chi connectivity index (χ1) is 16.8. The first kappa shape index (κ1) is 22.9. The van der Waals surface area contributed by atoms with Gasteiger partial charge in [0.25, 0.3) is 17.3 Å². The van der Waals surface area contributed by atoms with Gasteiger partial charge in [-0.25, -0.2) is 4.79 Å². The molecule has 0 bridgehead atoms. The Bertz CT molecular complexity index is 1490. The molecule has 1 amide bonds. The van der Waals surface area contributed by atoms with Crippen LogP contribution in [0.1, 0.15) is 53.8 Å². The lowest BCUT2D eigenvalue weighted by Gasteiger charge is -2.15. The minimum atomic E-state index is -1.09. The van der Waals surface area contributed by atoms with E-state index < -0.39 is 23.6 Å². The SMILES string of the molecule is Cc1nsc(C#Cc2nc3oc(C4(C(=O)O)CC4)nc3o2)c1NC(=O)OC(C)c1ccccc1Cl. The number of benzene rings is 1. The lowest BCUT2D eigenvalue weighted by atomic mass is 10.1. The number of carbonyl (C=O) groups excluding carboxylic acids is 1. The zero-order valence-electron chi connectivity index (χ0n) is 18.4. The summed E-state index contributed by atoms with van der Waals surface area (Å²) in [6.07, 6.45) is -0.334. The summed E-state index contributed by atoms with van der Waals surface area (Å²) >= 11 is 7.27. The molecule has 3 heterocycles. The number of hydrogen-bond acceptors (Lipinski definition) is 9. The largest absolute Gasteiger partial charge is 0.480 e. The van der Waals surface area contributed by atoms with Crippen LogP contribution >= 0.6 is 23.1 Å². The van der Waals surface area contributed by atoms with Crippen LogP contribution in [-0.2, 0) is 14.9 Å². The highest BCUT2D eigenvalue weighted by atomic mass is 35.5. The van der Waals surface area contributed by atoms with Crippen LogP contribution in [0.4, 0.5) is 10.5 Å². The number of oxazole rings is 2. The van der Waals surface area contributed by atoms with Gasteiger partial charge in [0, 0.05) is 10.6 Å². The summed E-state index contributed by atoms with van der Waals surface area (Å²) < 4.78 is 20.7. The van der Waals surface area contributed by atoms with Crippen LogP contribution in [0.3, 0.4) is 0 Å². The maximum Gasteiger partial charge on any atom is 0.412 e. The number of aryl methyl sites for hydroxylation is 1. The van der Waals surface area contributed by atoms with Crippen molar-refractivity contribution in [3.05, 3.63) is 57.2 Å². The van der Waals surface area contributed by atoms with Gasteiger partial charge in [-0.15, -0.1) is 0 Å². The number of carboxylic acid groups (broad SMARTS) is 1. The first-order valence-corrected chi connectivity index (χ1v) is 11.6. The molecule has 2 N–H and O–H groups in total. The molecule has 1 fully saturated rings. The fraction of sp³-hybridized carbons (Fsp3) is 0.261. The molecule has 0 spiro atoms. The second-order valence-electron chi connectivity index (χ2n) is 7.95. The number of amides is 1. The lowest BCUT2D eigenvalue weighted by Crippen LogP contribution is -2.19. The number of ether oxygens (including phenoxy) is 1. The van der Waals surface area contributed by atoms with Crippen molar-refractivity contribution in [1.29, 1.82) is 0 Å². The molecule has 12 heteroatoms. The molecule has 0 radical (unpaired) electrons. The van der Waals surface area contributed by atoms with Crippen LogP contribution in [0.15, 0.2) is 33.1 Å². The predicted octanol–water partition coefficient (Wildman–Crippen LogP) is 5.06. The third kappa shape index (κ3) is 4.34. The molecule has 1 atom stereocenters. The summed E-state index contributed by atoms with van der Waals surface area (Å²) in [6.45, 7) is 3.45. The molecule has 3 aromatic heterocycles. The number of hydrogen-bond donors (Lipinski definition) is 2. The van der Waals surface area contributed by atoms with E-state index in [0.29, 0.717) is 39.7 Å². The zero-order valence-corrected chi connectivity index (χ0v) is 20.0. The molecule has 5 rings (SSSR count). The van der Waals surface area contributed by atoms with Gasteiger partial charge in [0.1, 0.15) is 16.4 Å². The molecular formula is C23H17ClN4O6S. The summed E-state index contributed by atoms with van der Waals surface area (Å²) in [5.41, 5.74) is 0.725. The third-order valence-corrected chi connectivity index (χ3v) is 6.74. The van der Waals surface area contributed by atoms with E-state index in [0.717, 1.165) is 11.5 Å². The van der Waals surface area contributed by atoms with E-state index >= 15 is 0 Å². The summed E-state index contributed by atoms with van der Waals surface area (Å²) in [5, 5.41) is 12.6. The Hall–Kier alpha value is -3.88. The fourth-order valence-electron chi connectivity index (χ4n) is 3.42.